The second-order valence-electron chi connectivity index (χ2n) is 4.79. The number of thioether (sulfide) groups is 1. The summed E-state index contributed by atoms with van der Waals surface area (Å²) in [6.07, 6.45) is 0.664. The zero-order chi connectivity index (χ0) is 15.5. The second-order valence-corrected chi connectivity index (χ2v) is 5.92. The van der Waals surface area contributed by atoms with Crippen molar-refractivity contribution in [1.82, 2.24) is 5.43 Å². The van der Waals surface area contributed by atoms with E-state index >= 15 is 0 Å². The molecule has 6 heteroatoms. The summed E-state index contributed by atoms with van der Waals surface area (Å²) in [6.45, 7) is 0. The summed E-state index contributed by atoms with van der Waals surface area (Å²) < 4.78 is 13.4. The van der Waals surface area contributed by atoms with Gasteiger partial charge in [-0.25, -0.2) is 9.82 Å². The maximum Gasteiger partial charge on any atom is 0.271 e. The molecular formula is C16H13FN2O2S. The molecule has 2 aromatic carbocycles. The molecule has 0 aromatic heterocycles. The summed E-state index contributed by atoms with van der Waals surface area (Å²) in [7, 11) is 0. The average molecular weight is 316 g/mol. The number of phenols is 1. The summed E-state index contributed by atoms with van der Waals surface area (Å²) in [6, 6.07) is 10.5. The van der Waals surface area contributed by atoms with E-state index in [4.69, 9.17) is 0 Å². The predicted octanol–water partition coefficient (Wildman–Crippen LogP) is 3.16. The molecule has 3 rings (SSSR count). The Morgan fingerprint density at radius 2 is 2.00 bits per heavy atom. The molecule has 22 heavy (non-hydrogen) atoms. The summed E-state index contributed by atoms with van der Waals surface area (Å²) in [4.78, 5) is 13.0. The van der Waals surface area contributed by atoms with Crippen LogP contribution in [0.3, 0.4) is 0 Å². The first kappa shape index (κ1) is 14.6. The third-order valence-corrected chi connectivity index (χ3v) is 4.35. The van der Waals surface area contributed by atoms with Crippen molar-refractivity contribution in [3.8, 4) is 5.75 Å². The zero-order valence-corrected chi connectivity index (χ0v) is 12.4. The number of nitrogens with one attached hydrogen (secondary N) is 1. The highest BCUT2D eigenvalue weighted by Crippen LogP contribution is 2.30. The summed E-state index contributed by atoms with van der Waals surface area (Å²) in [5.74, 6) is 0.242. The van der Waals surface area contributed by atoms with Crippen molar-refractivity contribution in [3.05, 3.63) is 59.4 Å². The number of nitrogens with zero attached hydrogens (tertiary/aromatic N) is 1. The monoisotopic (exact) mass is 316 g/mol. The van der Waals surface area contributed by atoms with Gasteiger partial charge in [-0.05, 0) is 42.5 Å². The lowest BCUT2D eigenvalue weighted by molar-refractivity contribution is 0.0955. The van der Waals surface area contributed by atoms with Gasteiger partial charge in [0.05, 0.1) is 5.71 Å². The molecule has 0 spiro atoms. The quantitative estimate of drug-likeness (QED) is 0.837. The number of amides is 1. The lowest BCUT2D eigenvalue weighted by Crippen LogP contribution is -2.21. The fourth-order valence-corrected chi connectivity index (χ4v) is 3.17. The van der Waals surface area contributed by atoms with Crippen LogP contribution in [0.1, 0.15) is 22.3 Å². The van der Waals surface area contributed by atoms with Gasteiger partial charge in [-0.1, -0.05) is 0 Å². The number of hydrazone groups is 1. The van der Waals surface area contributed by atoms with E-state index in [0.717, 1.165) is 16.2 Å². The molecule has 4 nitrogen and oxygen atoms in total. The molecular weight excluding hydrogens is 303 g/mol. The molecule has 0 aliphatic carbocycles. The van der Waals surface area contributed by atoms with Crippen molar-refractivity contribution in [2.75, 3.05) is 5.75 Å². The first-order valence-electron chi connectivity index (χ1n) is 6.72. The van der Waals surface area contributed by atoms with E-state index in [-0.39, 0.29) is 17.5 Å². The van der Waals surface area contributed by atoms with Crippen LogP contribution >= 0.6 is 11.8 Å². The van der Waals surface area contributed by atoms with Gasteiger partial charge in [0.1, 0.15) is 11.6 Å². The minimum absolute atomic E-state index is 0.0940. The number of aromatic hydroxyl groups is 1. The number of phenolic OH excluding ortho intramolecular Hbond substituents is 1. The third-order valence-electron chi connectivity index (χ3n) is 3.27. The second kappa shape index (κ2) is 6.19. The van der Waals surface area contributed by atoms with Crippen LogP contribution in [0.4, 0.5) is 4.39 Å². The fourth-order valence-electron chi connectivity index (χ4n) is 2.16. The van der Waals surface area contributed by atoms with Crippen LogP contribution in [-0.4, -0.2) is 22.5 Å². The van der Waals surface area contributed by atoms with Gasteiger partial charge in [-0.3, -0.25) is 4.79 Å². The Bertz CT molecular complexity index is 744. The number of hydrogen-bond donors (Lipinski definition) is 2. The van der Waals surface area contributed by atoms with Crippen LogP contribution < -0.4 is 5.43 Å². The van der Waals surface area contributed by atoms with Crippen molar-refractivity contribution in [2.24, 2.45) is 5.10 Å². The molecule has 1 heterocycles. The molecule has 0 radical (unpaired) electrons. The molecule has 0 saturated heterocycles. The Hall–Kier alpha value is -2.34. The van der Waals surface area contributed by atoms with Crippen LogP contribution in [0, 0.1) is 5.82 Å². The Balaban J connectivity index is 1.80. The van der Waals surface area contributed by atoms with Gasteiger partial charge in [0, 0.05) is 28.2 Å². The molecule has 0 fully saturated rings. The van der Waals surface area contributed by atoms with Crippen LogP contribution in [-0.2, 0) is 0 Å². The van der Waals surface area contributed by atoms with E-state index in [1.807, 2.05) is 0 Å². The van der Waals surface area contributed by atoms with E-state index in [9.17, 15) is 14.3 Å². The van der Waals surface area contributed by atoms with E-state index in [1.165, 1.54) is 36.4 Å². The summed E-state index contributed by atoms with van der Waals surface area (Å²) in [5, 5.41) is 13.3. The van der Waals surface area contributed by atoms with Gasteiger partial charge < -0.3 is 5.11 Å². The first-order chi connectivity index (χ1) is 10.6. The number of rotatable bonds is 2. The Kier molecular flexibility index (Phi) is 4.11. The average Bonchev–Trinajstić information content (AvgIpc) is 2.53. The lowest BCUT2D eigenvalue weighted by atomic mass is 10.1. The van der Waals surface area contributed by atoms with Gasteiger partial charge in [0.2, 0.25) is 0 Å². The van der Waals surface area contributed by atoms with Gasteiger partial charge in [-0.15, -0.1) is 11.8 Å². The molecule has 1 aliphatic rings. The first-order valence-corrected chi connectivity index (χ1v) is 7.71. The molecule has 2 N–H and O–H groups in total. The van der Waals surface area contributed by atoms with Crippen molar-refractivity contribution < 1.29 is 14.3 Å². The highest BCUT2D eigenvalue weighted by molar-refractivity contribution is 7.99. The number of benzene rings is 2. The van der Waals surface area contributed by atoms with Crippen molar-refractivity contribution >= 4 is 23.4 Å². The highest BCUT2D eigenvalue weighted by Gasteiger charge is 2.17. The van der Waals surface area contributed by atoms with E-state index in [0.29, 0.717) is 17.7 Å². The van der Waals surface area contributed by atoms with Crippen LogP contribution in [0.5, 0.6) is 5.75 Å². The maximum atomic E-state index is 13.4. The summed E-state index contributed by atoms with van der Waals surface area (Å²) >= 11 is 1.65. The fraction of sp³-hybridized carbons (Fsp3) is 0.125. The van der Waals surface area contributed by atoms with E-state index < -0.39 is 0 Å². The lowest BCUT2D eigenvalue weighted by Gasteiger charge is -2.17. The number of halogens is 1. The van der Waals surface area contributed by atoms with Gasteiger partial charge in [-0.2, -0.15) is 5.10 Å². The number of hydrogen-bond acceptors (Lipinski definition) is 4. The predicted molar refractivity (Wildman–Crippen MR) is 83.9 cm³/mol. The summed E-state index contributed by atoms with van der Waals surface area (Å²) in [5.41, 5.74) is 4.27. The Labute approximate surface area is 131 Å². The van der Waals surface area contributed by atoms with Gasteiger partial charge >= 0.3 is 0 Å². The normalized spacial score (nSPS) is 15.4. The van der Waals surface area contributed by atoms with E-state index in [2.05, 4.69) is 10.5 Å². The molecule has 0 unspecified atom stereocenters. The smallest absolute Gasteiger partial charge is 0.271 e. The number of carbonyl (C=O) groups is 1. The van der Waals surface area contributed by atoms with Crippen molar-refractivity contribution in [2.45, 2.75) is 11.3 Å². The van der Waals surface area contributed by atoms with E-state index in [1.54, 1.807) is 17.8 Å². The van der Waals surface area contributed by atoms with Crippen LogP contribution in [0.25, 0.3) is 0 Å². The van der Waals surface area contributed by atoms with Crippen molar-refractivity contribution in [1.29, 1.82) is 0 Å². The minimum Gasteiger partial charge on any atom is -0.508 e. The van der Waals surface area contributed by atoms with Crippen LogP contribution in [0.15, 0.2) is 52.5 Å². The Morgan fingerprint density at radius 3 is 2.77 bits per heavy atom. The minimum atomic E-state index is -0.372. The molecule has 0 saturated carbocycles. The van der Waals surface area contributed by atoms with Crippen molar-refractivity contribution in [3.63, 3.8) is 0 Å². The molecule has 2 aromatic rings. The van der Waals surface area contributed by atoms with Crippen LogP contribution in [0.2, 0.25) is 0 Å². The SMILES string of the molecule is O=C(NN=C1CCSc2ccc(F)cc21)c1ccc(O)cc1. The number of carbonyl (C=O) groups excluding carboxylic acids is 1. The standard InChI is InChI=1S/C16H13FN2O2S/c17-11-3-6-15-13(9-11)14(7-8-22-15)18-19-16(21)10-1-4-12(20)5-2-10/h1-6,9,20H,7-8H2,(H,19,21). The number of fused-ring (bicyclic) bond motifs is 1. The molecule has 0 bridgehead atoms. The highest BCUT2D eigenvalue weighted by atomic mass is 32.2. The topological polar surface area (TPSA) is 61.7 Å². The van der Waals surface area contributed by atoms with Gasteiger partial charge in [0.25, 0.3) is 5.91 Å². The molecule has 0 atom stereocenters. The molecule has 1 amide bonds. The zero-order valence-electron chi connectivity index (χ0n) is 11.5. The third kappa shape index (κ3) is 3.12. The maximum absolute atomic E-state index is 13.4. The largest absolute Gasteiger partial charge is 0.508 e. The molecule has 1 aliphatic heterocycles. The van der Waals surface area contributed by atoms with Gasteiger partial charge in [0.15, 0.2) is 0 Å². The Morgan fingerprint density at radius 1 is 1.23 bits per heavy atom. The molecule has 112 valence electrons.